The molecular weight excluding hydrogens is 514 g/mol. The number of pyridine rings is 1. The Morgan fingerprint density at radius 1 is 0.892 bits per heavy atom. The fraction of sp³-hybridized carbons (Fsp3) is 0.455. The topological polar surface area (TPSA) is 89.4 Å². The quantitative estimate of drug-likeness (QED) is 0.412. The molecule has 0 bridgehead atoms. The van der Waals surface area contributed by atoms with E-state index in [2.05, 4.69) is 35.2 Å². The second-order valence-electron chi connectivity index (χ2n) is 9.21. The minimum Gasteiger partial charge on any atom is -0.324 e. The van der Waals surface area contributed by atoms with Gasteiger partial charge in [0.1, 0.15) is 17.2 Å². The van der Waals surface area contributed by atoms with Crippen molar-refractivity contribution in [2.45, 2.75) is 50.4 Å². The minimum absolute atomic E-state index is 0.0811. The van der Waals surface area contributed by atoms with E-state index >= 15 is 0 Å². The molecule has 2 aliphatic rings. The molecule has 15 heteroatoms. The number of alkyl halides is 8. The molecule has 196 valence electrons. The fourth-order valence-electron chi connectivity index (χ4n) is 4.68. The highest BCUT2D eigenvalue weighted by molar-refractivity contribution is 5.57. The molecular formula is C22H17F8N7. The van der Waals surface area contributed by atoms with E-state index in [1.807, 2.05) is 0 Å². The third kappa shape index (κ3) is 5.44. The molecule has 3 heterocycles. The molecule has 2 fully saturated rings. The molecule has 0 saturated heterocycles. The first kappa shape index (κ1) is 25.1. The van der Waals surface area contributed by atoms with Crippen LogP contribution >= 0.6 is 0 Å². The number of rotatable bonds is 5. The zero-order valence-corrected chi connectivity index (χ0v) is 18.7. The van der Waals surface area contributed by atoms with Crippen LogP contribution in [-0.2, 0) is 18.8 Å². The summed E-state index contributed by atoms with van der Waals surface area (Å²) in [4.78, 5) is 22.4. The van der Waals surface area contributed by atoms with Crippen molar-refractivity contribution < 1.29 is 35.1 Å². The summed E-state index contributed by atoms with van der Waals surface area (Å²) in [6.07, 6.45) is -7.24. The van der Waals surface area contributed by atoms with Crippen molar-refractivity contribution in [2.24, 2.45) is 11.3 Å². The molecule has 2 aliphatic carbocycles. The van der Waals surface area contributed by atoms with E-state index in [-0.39, 0.29) is 54.2 Å². The van der Waals surface area contributed by atoms with Gasteiger partial charge in [-0.25, -0.2) is 23.7 Å². The highest BCUT2D eigenvalue weighted by Gasteiger charge is 2.62. The van der Waals surface area contributed by atoms with Crippen LogP contribution in [0.3, 0.4) is 0 Å². The zero-order valence-electron chi connectivity index (χ0n) is 18.7. The Hall–Kier alpha value is -3.52. The Morgan fingerprint density at radius 3 is 2.32 bits per heavy atom. The monoisotopic (exact) mass is 531 g/mol. The summed E-state index contributed by atoms with van der Waals surface area (Å²) >= 11 is 0. The molecule has 5 rings (SSSR count). The fourth-order valence-corrected chi connectivity index (χ4v) is 4.68. The second-order valence-corrected chi connectivity index (χ2v) is 9.21. The summed E-state index contributed by atoms with van der Waals surface area (Å²) in [7, 11) is 0. The van der Waals surface area contributed by atoms with Crippen LogP contribution in [0.4, 0.5) is 46.8 Å². The number of aromatic nitrogens is 6. The summed E-state index contributed by atoms with van der Waals surface area (Å²) in [5.41, 5.74) is -2.10. The predicted molar refractivity (Wildman–Crippen MR) is 111 cm³/mol. The zero-order chi connectivity index (χ0) is 26.6. The van der Waals surface area contributed by atoms with Gasteiger partial charge in [-0.15, -0.1) is 0 Å². The number of hydrogen-bond donors (Lipinski definition) is 1. The van der Waals surface area contributed by atoms with Gasteiger partial charge in [-0.2, -0.15) is 36.3 Å². The lowest BCUT2D eigenvalue weighted by Crippen LogP contribution is -2.13. The minimum atomic E-state index is -4.84. The Morgan fingerprint density at radius 2 is 1.65 bits per heavy atom. The summed E-state index contributed by atoms with van der Waals surface area (Å²) in [5, 5.41) is 2.59. The molecule has 37 heavy (non-hydrogen) atoms. The van der Waals surface area contributed by atoms with Gasteiger partial charge < -0.3 is 5.32 Å². The van der Waals surface area contributed by atoms with Crippen molar-refractivity contribution in [1.82, 2.24) is 29.9 Å². The lowest BCUT2D eigenvalue weighted by Gasteiger charge is -2.12. The first-order valence-electron chi connectivity index (χ1n) is 11.1. The van der Waals surface area contributed by atoms with Crippen LogP contribution in [0.25, 0.3) is 11.5 Å². The molecule has 2 unspecified atom stereocenters. The van der Waals surface area contributed by atoms with Crippen molar-refractivity contribution in [2.75, 3.05) is 5.32 Å². The van der Waals surface area contributed by atoms with Crippen LogP contribution < -0.4 is 5.32 Å². The third-order valence-corrected chi connectivity index (χ3v) is 6.51. The Labute approximate surface area is 203 Å². The molecule has 0 aromatic carbocycles. The molecule has 0 amide bonds. The third-order valence-electron chi connectivity index (χ3n) is 6.51. The first-order chi connectivity index (χ1) is 17.2. The Bertz CT molecular complexity index is 1330. The van der Waals surface area contributed by atoms with Crippen molar-refractivity contribution >= 4 is 11.6 Å². The van der Waals surface area contributed by atoms with Crippen molar-refractivity contribution in [1.29, 1.82) is 0 Å². The van der Waals surface area contributed by atoms with Gasteiger partial charge in [-0.05, 0) is 42.4 Å². The highest BCUT2D eigenvalue weighted by atomic mass is 19.4. The van der Waals surface area contributed by atoms with E-state index in [9.17, 15) is 35.1 Å². The van der Waals surface area contributed by atoms with Crippen LogP contribution in [0.15, 0.2) is 30.6 Å². The van der Waals surface area contributed by atoms with Crippen LogP contribution in [0.1, 0.15) is 43.0 Å². The largest absolute Gasteiger partial charge is 0.451 e. The molecule has 1 N–H and O–H groups in total. The van der Waals surface area contributed by atoms with Gasteiger partial charge in [-0.1, -0.05) is 0 Å². The maximum atomic E-state index is 13.8. The van der Waals surface area contributed by atoms with Crippen molar-refractivity contribution in [3.8, 4) is 11.5 Å². The highest BCUT2D eigenvalue weighted by Crippen LogP contribution is 2.67. The first-order valence-corrected chi connectivity index (χ1v) is 11.1. The number of halogens is 8. The number of hydrogen-bond acceptors (Lipinski definition) is 7. The number of anilines is 2. The maximum Gasteiger partial charge on any atom is 0.451 e. The average molecular weight is 531 g/mol. The van der Waals surface area contributed by atoms with Gasteiger partial charge in [0, 0.05) is 37.3 Å². The summed E-state index contributed by atoms with van der Waals surface area (Å²) in [5.74, 6) is -4.80. The molecule has 0 radical (unpaired) electrons. The van der Waals surface area contributed by atoms with Gasteiger partial charge in [0.25, 0.3) is 0 Å². The van der Waals surface area contributed by atoms with E-state index in [1.54, 1.807) is 0 Å². The van der Waals surface area contributed by atoms with E-state index < -0.39 is 35.2 Å². The summed E-state index contributed by atoms with van der Waals surface area (Å²) < 4.78 is 106. The van der Waals surface area contributed by atoms with Gasteiger partial charge in [0.05, 0.1) is 0 Å². The predicted octanol–water partition coefficient (Wildman–Crippen LogP) is 5.87. The van der Waals surface area contributed by atoms with Gasteiger partial charge >= 0.3 is 12.4 Å². The molecule has 2 atom stereocenters. The van der Waals surface area contributed by atoms with Gasteiger partial charge in [0.15, 0.2) is 5.82 Å². The Balaban J connectivity index is 1.48. The normalized spacial score (nSPS) is 22.9. The standard InChI is InChI=1S/C22H17F8N7/c23-20(24)4-3-19(10-20)9-11(19)7-15-35-16(13-2-6-32-17(34-13)22(28,29)30)37-18(36-15)33-12-1-5-31-14(8-12)21(25,26)27/h1-2,5-6,8,11H,3-4,7,9-10H2,(H,31,33,35,36,37). The van der Waals surface area contributed by atoms with E-state index in [1.165, 1.54) is 6.07 Å². The van der Waals surface area contributed by atoms with Crippen LogP contribution in [0.5, 0.6) is 0 Å². The Kier molecular flexibility index (Phi) is 5.79. The molecule has 1 spiro atoms. The maximum absolute atomic E-state index is 13.8. The lowest BCUT2D eigenvalue weighted by atomic mass is 10.00. The SMILES string of the molecule is FC1(F)CCC2(CC2Cc2nc(Nc3ccnc(C(F)(F)F)c3)nc(-c3ccnc(C(F)(F)F)n3)n2)C1. The number of nitrogens with one attached hydrogen (secondary N) is 1. The molecule has 0 aliphatic heterocycles. The molecule has 3 aromatic heterocycles. The van der Waals surface area contributed by atoms with E-state index in [0.29, 0.717) is 18.9 Å². The average Bonchev–Trinajstić information content (AvgIpc) is 3.36. The van der Waals surface area contributed by atoms with Gasteiger partial charge in [-0.3, -0.25) is 4.98 Å². The molecule has 2 saturated carbocycles. The van der Waals surface area contributed by atoms with Gasteiger partial charge in [0.2, 0.25) is 17.7 Å². The summed E-state index contributed by atoms with van der Waals surface area (Å²) in [6.45, 7) is 0. The smallest absolute Gasteiger partial charge is 0.324 e. The number of nitrogens with zero attached hydrogens (tertiary/aromatic N) is 6. The molecule has 3 aromatic rings. The van der Waals surface area contributed by atoms with Crippen molar-refractivity contribution in [3.63, 3.8) is 0 Å². The van der Waals surface area contributed by atoms with Crippen LogP contribution in [-0.4, -0.2) is 35.8 Å². The van der Waals surface area contributed by atoms with E-state index in [0.717, 1.165) is 18.5 Å². The van der Waals surface area contributed by atoms with Crippen LogP contribution in [0.2, 0.25) is 0 Å². The van der Waals surface area contributed by atoms with Crippen molar-refractivity contribution in [3.05, 3.63) is 47.9 Å². The lowest BCUT2D eigenvalue weighted by molar-refractivity contribution is -0.145. The summed E-state index contributed by atoms with van der Waals surface area (Å²) in [6, 6.07) is 3.08. The van der Waals surface area contributed by atoms with Crippen LogP contribution in [0, 0.1) is 11.3 Å². The molecule has 7 nitrogen and oxygen atoms in total. The van der Waals surface area contributed by atoms with E-state index in [4.69, 9.17) is 0 Å². The second kappa shape index (κ2) is 8.52.